The van der Waals surface area contributed by atoms with Gasteiger partial charge in [-0.2, -0.15) is 0 Å². The van der Waals surface area contributed by atoms with E-state index in [9.17, 15) is 19.5 Å². The molecule has 8 heteroatoms. The Labute approximate surface area is 434 Å². The normalized spacial score (nSPS) is 15.6. The van der Waals surface area contributed by atoms with Crippen LogP contribution in [0, 0.1) is 5.92 Å². The lowest BCUT2D eigenvalue weighted by atomic mass is 9.80. The van der Waals surface area contributed by atoms with Gasteiger partial charge in [0, 0.05) is 0 Å². The summed E-state index contributed by atoms with van der Waals surface area (Å²) >= 11 is 0. The van der Waals surface area contributed by atoms with Crippen LogP contribution in [0.1, 0.15) is 345 Å². The summed E-state index contributed by atoms with van der Waals surface area (Å²) in [6.07, 6.45) is 41.3. The number of hydrogen-bond acceptors (Lipinski definition) is 8. The average Bonchev–Trinajstić information content (AvgIpc) is 3.34. The van der Waals surface area contributed by atoms with Crippen molar-refractivity contribution in [3.63, 3.8) is 0 Å². The van der Waals surface area contributed by atoms with Crippen LogP contribution in [0.15, 0.2) is 0 Å². The van der Waals surface area contributed by atoms with Crippen LogP contribution >= 0.6 is 0 Å². The lowest BCUT2D eigenvalue weighted by Crippen LogP contribution is -2.58. The molecule has 0 aliphatic rings. The van der Waals surface area contributed by atoms with Gasteiger partial charge in [0.15, 0.2) is 11.5 Å². The summed E-state index contributed by atoms with van der Waals surface area (Å²) < 4.78 is 19.6. The van der Waals surface area contributed by atoms with Crippen molar-refractivity contribution in [3.05, 3.63) is 0 Å². The standard InChI is InChI=1S/C62H118O8/c1-11-20-26-29-32-35-38-41-44-50-59(17-7,47-23-14-4)68-55(64)53-62(67,58(66)70-61(19-9,49-25-16-6)52-46-43-40-37-34-31-28-22-13-3)56(54(10)63)57(65)69-60(18-8,48-24-15-5)51-45-42-39-36-33-30-27-21-12-2/h56,67H,11-53H2,1-10H3. The lowest BCUT2D eigenvalue weighted by Gasteiger charge is -2.40. The van der Waals surface area contributed by atoms with Crippen molar-refractivity contribution in [2.45, 2.75) is 368 Å². The molecule has 0 aliphatic heterocycles. The molecule has 0 spiro atoms. The largest absolute Gasteiger partial charge is 0.459 e. The quantitative estimate of drug-likeness (QED) is 0.0277. The minimum absolute atomic E-state index is 0.509. The van der Waals surface area contributed by atoms with Crippen LogP contribution in [0.5, 0.6) is 0 Å². The highest BCUT2D eigenvalue weighted by atomic mass is 16.6. The Bertz CT molecular complexity index is 1300. The number of aliphatic hydroxyl groups is 1. The van der Waals surface area contributed by atoms with E-state index >= 15 is 4.79 Å². The molecule has 0 aromatic carbocycles. The second kappa shape index (κ2) is 42.4. The van der Waals surface area contributed by atoms with E-state index in [-0.39, 0.29) is 0 Å². The maximum absolute atomic E-state index is 15.1. The third-order valence-corrected chi connectivity index (χ3v) is 15.9. The van der Waals surface area contributed by atoms with Crippen molar-refractivity contribution in [3.8, 4) is 0 Å². The summed E-state index contributed by atoms with van der Waals surface area (Å²) in [4.78, 5) is 58.7. The molecule has 0 amide bonds. The van der Waals surface area contributed by atoms with Crippen molar-refractivity contribution in [1.82, 2.24) is 0 Å². The van der Waals surface area contributed by atoms with Gasteiger partial charge in [0.25, 0.3) is 0 Å². The summed E-state index contributed by atoms with van der Waals surface area (Å²) in [5, 5.41) is 13.1. The molecule has 5 atom stereocenters. The number of ether oxygens (including phenoxy) is 3. The highest BCUT2D eigenvalue weighted by Crippen LogP contribution is 2.39. The van der Waals surface area contributed by atoms with Gasteiger partial charge in [-0.25, -0.2) is 4.79 Å². The monoisotopic (exact) mass is 991 g/mol. The Kier molecular flexibility index (Phi) is 41.2. The maximum atomic E-state index is 15.1. The third kappa shape index (κ3) is 29.1. The number of hydrogen-bond donors (Lipinski definition) is 1. The van der Waals surface area contributed by atoms with Crippen molar-refractivity contribution in [1.29, 1.82) is 0 Å². The minimum atomic E-state index is -2.82. The highest BCUT2D eigenvalue weighted by molar-refractivity contribution is 6.05. The zero-order chi connectivity index (χ0) is 52.4. The van der Waals surface area contributed by atoms with E-state index in [1.54, 1.807) is 0 Å². The molecule has 0 aromatic rings. The van der Waals surface area contributed by atoms with Gasteiger partial charge in [-0.1, -0.05) is 236 Å². The molecule has 1 N–H and O–H groups in total. The molecule has 0 aromatic heterocycles. The molecule has 0 fully saturated rings. The zero-order valence-corrected chi connectivity index (χ0v) is 48.3. The molecule has 414 valence electrons. The second-order valence-corrected chi connectivity index (χ2v) is 22.1. The number of esters is 3. The number of Topliss-reactive ketones (excluding diaryl/α,β-unsaturated/α-hetero) is 1. The Balaban J connectivity index is 6.96. The lowest BCUT2D eigenvalue weighted by molar-refractivity contribution is -0.205. The van der Waals surface area contributed by atoms with Gasteiger partial charge < -0.3 is 19.3 Å². The first kappa shape index (κ1) is 68.0. The molecule has 5 unspecified atom stereocenters. The fourth-order valence-electron chi connectivity index (χ4n) is 10.8. The van der Waals surface area contributed by atoms with Gasteiger partial charge in [-0.3, -0.25) is 14.4 Å². The Morgan fingerprint density at radius 1 is 0.357 bits per heavy atom. The van der Waals surface area contributed by atoms with E-state index in [0.717, 1.165) is 96.3 Å². The molecule has 70 heavy (non-hydrogen) atoms. The van der Waals surface area contributed by atoms with Crippen LogP contribution in [0.2, 0.25) is 0 Å². The smallest absolute Gasteiger partial charge is 0.340 e. The van der Waals surface area contributed by atoms with Gasteiger partial charge in [0.1, 0.15) is 22.6 Å². The maximum Gasteiger partial charge on any atom is 0.340 e. The summed E-state index contributed by atoms with van der Waals surface area (Å²) in [7, 11) is 0. The predicted molar refractivity (Wildman–Crippen MR) is 295 cm³/mol. The van der Waals surface area contributed by atoms with Crippen molar-refractivity contribution in [2.75, 3.05) is 0 Å². The van der Waals surface area contributed by atoms with Gasteiger partial charge in [0.2, 0.25) is 0 Å². The summed E-state index contributed by atoms with van der Waals surface area (Å²) in [5.41, 5.74) is -5.41. The fourth-order valence-corrected chi connectivity index (χ4v) is 10.8. The molecule has 8 nitrogen and oxygen atoms in total. The molecular formula is C62H118O8. The van der Waals surface area contributed by atoms with Crippen molar-refractivity contribution < 1.29 is 38.5 Å². The number of carbonyl (C=O) groups is 4. The van der Waals surface area contributed by atoms with E-state index < -0.39 is 58.4 Å². The fraction of sp³-hybridized carbons (Fsp3) is 0.935. The van der Waals surface area contributed by atoms with E-state index in [2.05, 4.69) is 41.5 Å². The molecular weight excluding hydrogens is 873 g/mol. The van der Waals surface area contributed by atoms with E-state index in [1.807, 2.05) is 20.8 Å². The zero-order valence-electron chi connectivity index (χ0n) is 48.3. The molecule has 0 heterocycles. The molecule has 0 aliphatic carbocycles. The number of rotatable bonds is 51. The van der Waals surface area contributed by atoms with Crippen molar-refractivity contribution >= 4 is 23.7 Å². The van der Waals surface area contributed by atoms with Crippen LogP contribution < -0.4 is 0 Å². The van der Waals surface area contributed by atoms with Crippen LogP contribution in [-0.4, -0.2) is 51.2 Å². The van der Waals surface area contributed by atoms with E-state index in [1.165, 1.54) is 122 Å². The van der Waals surface area contributed by atoms with Crippen LogP contribution in [0.4, 0.5) is 0 Å². The van der Waals surface area contributed by atoms with E-state index in [4.69, 9.17) is 14.2 Å². The first-order valence-corrected chi connectivity index (χ1v) is 30.6. The minimum Gasteiger partial charge on any atom is -0.459 e. The van der Waals surface area contributed by atoms with Crippen LogP contribution in [0.3, 0.4) is 0 Å². The highest BCUT2D eigenvalue weighted by Gasteiger charge is 2.57. The first-order chi connectivity index (χ1) is 33.7. The number of ketones is 1. The average molecular weight is 992 g/mol. The van der Waals surface area contributed by atoms with Gasteiger partial charge in [0.05, 0.1) is 6.42 Å². The third-order valence-electron chi connectivity index (χ3n) is 15.9. The summed E-state index contributed by atoms with van der Waals surface area (Å²) in [6, 6.07) is 0. The predicted octanol–water partition coefficient (Wildman–Crippen LogP) is 18.7. The van der Waals surface area contributed by atoms with Crippen molar-refractivity contribution in [2.24, 2.45) is 5.92 Å². The molecule has 0 saturated carbocycles. The van der Waals surface area contributed by atoms with Gasteiger partial charge in [-0.15, -0.1) is 0 Å². The van der Waals surface area contributed by atoms with Gasteiger partial charge >= 0.3 is 17.9 Å². The molecule has 0 radical (unpaired) electrons. The first-order valence-electron chi connectivity index (χ1n) is 30.6. The summed E-state index contributed by atoms with van der Waals surface area (Å²) in [5.74, 6) is -5.52. The van der Waals surface area contributed by atoms with Crippen LogP contribution in [0.25, 0.3) is 0 Å². The topological polar surface area (TPSA) is 116 Å². The SMILES string of the molecule is CCCCCCCCCCCC(CC)(CCCC)OC(=O)CC(O)(C(=O)OC(CC)(CCCC)CCCCCCCCCCC)C(C(C)=O)C(=O)OC(CC)(CCCC)CCCCCCCCCCC. The number of unbranched alkanes of at least 4 members (excludes halogenated alkanes) is 27. The molecule has 0 rings (SSSR count). The van der Waals surface area contributed by atoms with E-state index in [0.29, 0.717) is 57.8 Å². The number of carbonyl (C=O) groups excluding carboxylic acids is 4. The molecule has 0 saturated heterocycles. The van der Waals surface area contributed by atoms with Crippen LogP contribution in [-0.2, 0) is 33.4 Å². The Morgan fingerprint density at radius 3 is 0.900 bits per heavy atom. The Morgan fingerprint density at radius 2 is 0.614 bits per heavy atom. The Hall–Kier alpha value is -1.96. The second-order valence-electron chi connectivity index (χ2n) is 22.1. The molecule has 0 bridgehead atoms. The van der Waals surface area contributed by atoms with Gasteiger partial charge in [-0.05, 0) is 103 Å². The summed E-state index contributed by atoms with van der Waals surface area (Å²) in [6.45, 7) is 20.3.